The van der Waals surface area contributed by atoms with E-state index in [1.54, 1.807) is 6.08 Å². The number of rotatable bonds is 4. The van der Waals surface area contributed by atoms with E-state index in [-0.39, 0.29) is 5.54 Å². The Morgan fingerprint density at radius 3 is 2.90 bits per heavy atom. The van der Waals surface area contributed by atoms with Gasteiger partial charge in [-0.2, -0.15) is 16.8 Å². The van der Waals surface area contributed by atoms with E-state index >= 15 is 0 Å². The maximum absolute atomic E-state index is 10.7. The average molecular weight is 289 g/mol. The normalized spacial score (nSPS) is 24.3. The van der Waals surface area contributed by atoms with Crippen molar-refractivity contribution in [2.75, 3.05) is 11.5 Å². The van der Waals surface area contributed by atoms with Crippen LogP contribution in [0.5, 0.6) is 5.75 Å². The van der Waals surface area contributed by atoms with Gasteiger partial charge >= 0.3 is 0 Å². The van der Waals surface area contributed by atoms with Crippen LogP contribution < -0.4 is 4.74 Å². The van der Waals surface area contributed by atoms with Gasteiger partial charge in [-0.15, -0.1) is 0 Å². The van der Waals surface area contributed by atoms with Crippen molar-refractivity contribution in [1.82, 2.24) is 0 Å². The number of hydrogen-bond donors (Lipinski definition) is 0. The van der Waals surface area contributed by atoms with Gasteiger partial charge < -0.3 is 4.74 Å². The van der Waals surface area contributed by atoms with Crippen molar-refractivity contribution in [2.45, 2.75) is 43.7 Å². The Labute approximate surface area is 123 Å². The molecule has 1 saturated carbocycles. The molecule has 0 N–H and O–H groups in total. The van der Waals surface area contributed by atoms with Crippen LogP contribution in [0, 0.1) is 0 Å². The van der Waals surface area contributed by atoms with E-state index in [1.807, 2.05) is 30.0 Å². The van der Waals surface area contributed by atoms with E-state index in [4.69, 9.17) is 4.74 Å². The molecule has 1 aromatic carbocycles. The number of hydrogen-bond acceptors (Lipinski definition) is 4. The molecule has 3 nitrogen and oxygen atoms in total. The molecule has 3 rings (SSSR count). The van der Waals surface area contributed by atoms with Gasteiger partial charge in [0.1, 0.15) is 11.9 Å². The van der Waals surface area contributed by atoms with Gasteiger partial charge in [0.2, 0.25) is 6.08 Å². The van der Waals surface area contributed by atoms with E-state index in [2.05, 4.69) is 11.1 Å². The highest BCUT2D eigenvalue weighted by Crippen LogP contribution is 2.45. The molecule has 0 bridgehead atoms. The number of aliphatic imine (C=N–C) groups is 1. The fourth-order valence-electron chi connectivity index (χ4n) is 2.92. The van der Waals surface area contributed by atoms with E-state index in [0.717, 1.165) is 42.7 Å². The standard InChI is InChI=1S/C16H19NO2S/c18-12-17-16(7-3-8-16)13-4-1-5-14(10-13)19-15-6-2-9-20-11-15/h1,4-5,10,15H,2-3,6-9,11H2. The Morgan fingerprint density at radius 1 is 1.35 bits per heavy atom. The van der Waals surface area contributed by atoms with Crippen LogP contribution in [0.4, 0.5) is 0 Å². The van der Waals surface area contributed by atoms with Crippen molar-refractivity contribution < 1.29 is 9.53 Å². The molecule has 0 amide bonds. The summed E-state index contributed by atoms with van der Waals surface area (Å²) in [5.41, 5.74) is 0.760. The lowest BCUT2D eigenvalue weighted by molar-refractivity contribution is 0.209. The first-order chi connectivity index (χ1) is 9.82. The third-order valence-corrected chi connectivity index (χ3v) is 5.42. The summed E-state index contributed by atoms with van der Waals surface area (Å²) in [4.78, 5) is 14.7. The van der Waals surface area contributed by atoms with Gasteiger partial charge in [-0.05, 0) is 55.6 Å². The van der Waals surface area contributed by atoms with Crippen LogP contribution in [0.15, 0.2) is 29.3 Å². The van der Waals surface area contributed by atoms with E-state index in [1.165, 1.54) is 12.2 Å². The fraction of sp³-hybridized carbons (Fsp3) is 0.562. The molecule has 1 atom stereocenters. The molecule has 1 saturated heterocycles. The summed E-state index contributed by atoms with van der Waals surface area (Å²) in [5, 5.41) is 0. The zero-order valence-corrected chi connectivity index (χ0v) is 12.3. The SMILES string of the molecule is O=C=NC1(c2cccc(OC3CCCSC3)c2)CCC1. The minimum Gasteiger partial charge on any atom is -0.490 e. The minimum absolute atomic E-state index is 0.316. The molecule has 1 aliphatic carbocycles. The largest absolute Gasteiger partial charge is 0.490 e. The summed E-state index contributed by atoms with van der Waals surface area (Å²) in [5.74, 6) is 3.22. The summed E-state index contributed by atoms with van der Waals surface area (Å²) >= 11 is 1.96. The smallest absolute Gasteiger partial charge is 0.235 e. The van der Waals surface area contributed by atoms with Gasteiger partial charge in [0.15, 0.2) is 0 Å². The Morgan fingerprint density at radius 2 is 2.25 bits per heavy atom. The molecule has 4 heteroatoms. The summed E-state index contributed by atoms with van der Waals surface area (Å²) in [6.07, 6.45) is 7.41. The minimum atomic E-state index is -0.331. The van der Waals surface area contributed by atoms with Crippen LogP contribution in [0.25, 0.3) is 0 Å². The molecule has 1 aromatic rings. The number of nitrogens with zero attached hydrogens (tertiary/aromatic N) is 1. The van der Waals surface area contributed by atoms with Gasteiger partial charge in [0.05, 0.1) is 5.54 Å². The molecule has 2 fully saturated rings. The van der Waals surface area contributed by atoms with Gasteiger partial charge in [-0.1, -0.05) is 12.1 Å². The second kappa shape index (κ2) is 6.02. The number of ether oxygens (including phenoxy) is 1. The van der Waals surface area contributed by atoms with Crippen LogP contribution in [-0.4, -0.2) is 23.7 Å². The molecule has 1 aliphatic heterocycles. The van der Waals surface area contributed by atoms with Gasteiger partial charge in [-0.25, -0.2) is 4.79 Å². The second-order valence-corrected chi connectivity index (χ2v) is 6.72. The lowest BCUT2D eigenvalue weighted by Crippen LogP contribution is -2.32. The highest BCUT2D eigenvalue weighted by Gasteiger charge is 2.39. The maximum Gasteiger partial charge on any atom is 0.235 e. The first-order valence-electron chi connectivity index (χ1n) is 7.26. The van der Waals surface area contributed by atoms with Crippen molar-refractivity contribution in [1.29, 1.82) is 0 Å². The van der Waals surface area contributed by atoms with Crippen molar-refractivity contribution in [3.63, 3.8) is 0 Å². The quantitative estimate of drug-likeness (QED) is 0.627. The molecular weight excluding hydrogens is 270 g/mol. The monoisotopic (exact) mass is 289 g/mol. The highest BCUT2D eigenvalue weighted by atomic mass is 32.2. The number of carbonyl (C=O) groups excluding carboxylic acids is 1. The van der Waals surface area contributed by atoms with Crippen molar-refractivity contribution in [2.24, 2.45) is 4.99 Å². The van der Waals surface area contributed by atoms with Crippen LogP contribution in [-0.2, 0) is 10.3 Å². The predicted octanol–water partition coefficient (Wildman–Crippen LogP) is 3.68. The molecular formula is C16H19NO2S. The highest BCUT2D eigenvalue weighted by molar-refractivity contribution is 7.99. The van der Waals surface area contributed by atoms with Gasteiger partial charge in [-0.3, -0.25) is 0 Å². The number of isocyanates is 1. The average Bonchev–Trinajstić information content (AvgIpc) is 2.44. The molecule has 0 spiro atoms. The van der Waals surface area contributed by atoms with Gasteiger partial charge in [0, 0.05) is 5.75 Å². The van der Waals surface area contributed by atoms with Crippen LogP contribution in [0.1, 0.15) is 37.7 Å². The zero-order chi connectivity index (χ0) is 13.8. The first-order valence-corrected chi connectivity index (χ1v) is 8.42. The van der Waals surface area contributed by atoms with E-state index in [9.17, 15) is 4.79 Å². The third-order valence-electron chi connectivity index (χ3n) is 4.23. The van der Waals surface area contributed by atoms with E-state index in [0.29, 0.717) is 6.10 Å². The lowest BCUT2D eigenvalue weighted by Gasteiger charge is -2.37. The third kappa shape index (κ3) is 2.77. The molecule has 20 heavy (non-hydrogen) atoms. The Hall–Kier alpha value is -1.25. The summed E-state index contributed by atoms with van der Waals surface area (Å²) in [7, 11) is 0. The lowest BCUT2D eigenvalue weighted by atomic mass is 9.72. The Bertz CT molecular complexity index is 515. The van der Waals surface area contributed by atoms with Crippen molar-refractivity contribution in [3.05, 3.63) is 29.8 Å². The van der Waals surface area contributed by atoms with E-state index < -0.39 is 0 Å². The summed E-state index contributed by atoms with van der Waals surface area (Å²) < 4.78 is 6.08. The number of benzene rings is 1. The predicted molar refractivity (Wildman–Crippen MR) is 81.1 cm³/mol. The summed E-state index contributed by atoms with van der Waals surface area (Å²) in [6.45, 7) is 0. The van der Waals surface area contributed by atoms with Crippen LogP contribution >= 0.6 is 11.8 Å². The van der Waals surface area contributed by atoms with Crippen molar-refractivity contribution >= 4 is 17.8 Å². The van der Waals surface area contributed by atoms with Gasteiger partial charge in [0.25, 0.3) is 0 Å². The van der Waals surface area contributed by atoms with Crippen molar-refractivity contribution in [3.8, 4) is 5.75 Å². The molecule has 106 valence electrons. The fourth-order valence-corrected chi connectivity index (χ4v) is 3.95. The molecule has 2 aliphatic rings. The number of thioether (sulfide) groups is 1. The van der Waals surface area contributed by atoms with Crippen LogP contribution in [0.3, 0.4) is 0 Å². The molecule has 0 radical (unpaired) electrons. The first kappa shape index (κ1) is 13.7. The maximum atomic E-state index is 10.7. The Kier molecular flexibility index (Phi) is 4.13. The molecule has 1 heterocycles. The molecule has 1 unspecified atom stereocenters. The zero-order valence-electron chi connectivity index (χ0n) is 11.5. The summed E-state index contributed by atoms with van der Waals surface area (Å²) in [6, 6.07) is 8.10. The Balaban J connectivity index is 1.77. The second-order valence-electron chi connectivity index (χ2n) is 5.57. The van der Waals surface area contributed by atoms with Crippen LogP contribution in [0.2, 0.25) is 0 Å². The molecule has 0 aromatic heterocycles. The topological polar surface area (TPSA) is 38.7 Å².